The molecule has 1 aromatic rings. The van der Waals surface area contributed by atoms with Gasteiger partial charge in [0.25, 0.3) is 0 Å². The summed E-state index contributed by atoms with van der Waals surface area (Å²) in [6.07, 6.45) is 5.40. The number of nitrogens with two attached hydrogens (primary N) is 1. The number of amides is 1. The van der Waals surface area contributed by atoms with Gasteiger partial charge in [0.05, 0.1) is 19.2 Å². The molecule has 4 unspecified atom stereocenters. The van der Waals surface area contributed by atoms with Crippen LogP contribution in [0.3, 0.4) is 0 Å². The molecule has 0 radical (unpaired) electrons. The fourth-order valence-corrected chi connectivity index (χ4v) is 5.47. The summed E-state index contributed by atoms with van der Waals surface area (Å²) in [4.78, 5) is 15.4. The third kappa shape index (κ3) is 4.14. The highest BCUT2D eigenvalue weighted by atomic mass is 35.5. The summed E-state index contributed by atoms with van der Waals surface area (Å²) in [6.45, 7) is 3.22. The molecule has 6 heteroatoms. The van der Waals surface area contributed by atoms with Crippen molar-refractivity contribution in [2.45, 2.75) is 57.2 Å². The first-order chi connectivity index (χ1) is 12.5. The van der Waals surface area contributed by atoms with Crippen molar-refractivity contribution >= 4 is 29.9 Å². The predicted molar refractivity (Wildman–Crippen MR) is 110 cm³/mol. The molecule has 2 aliphatic carbocycles. The lowest BCUT2D eigenvalue weighted by Crippen LogP contribution is -2.54. The van der Waals surface area contributed by atoms with Crippen molar-refractivity contribution in [3.8, 4) is 0 Å². The van der Waals surface area contributed by atoms with Gasteiger partial charge in [-0.05, 0) is 50.5 Å². The van der Waals surface area contributed by atoms with Crippen molar-refractivity contribution in [3.63, 3.8) is 0 Å². The summed E-state index contributed by atoms with van der Waals surface area (Å²) in [7, 11) is 0. The van der Waals surface area contributed by atoms with E-state index in [2.05, 4.69) is 6.92 Å². The highest BCUT2D eigenvalue weighted by Gasteiger charge is 2.43. The standard InChI is InChI=1S/C21H29ClN2O2.ClH/c1-13-12-26-19(17-7-2-3-8-18(17)22)11-24(13)21(25)16-9-14-5-4-6-15(10-16)20(14)23;/h2-3,7-8,13-16,19-20H,4-6,9-12,23H2,1H3;1H. The minimum Gasteiger partial charge on any atom is -0.369 e. The first-order valence-electron chi connectivity index (χ1n) is 9.96. The van der Waals surface area contributed by atoms with Gasteiger partial charge in [-0.3, -0.25) is 4.79 Å². The second-order valence-electron chi connectivity index (χ2n) is 8.38. The molecule has 1 heterocycles. The summed E-state index contributed by atoms with van der Waals surface area (Å²) < 4.78 is 6.02. The van der Waals surface area contributed by atoms with Crippen LogP contribution >= 0.6 is 24.0 Å². The molecule has 3 aliphatic rings. The molecule has 2 bridgehead atoms. The van der Waals surface area contributed by atoms with Crippen LogP contribution < -0.4 is 5.73 Å². The first kappa shape index (κ1) is 20.9. The third-order valence-corrected chi connectivity index (χ3v) is 7.07. The molecule has 3 fully saturated rings. The Morgan fingerprint density at radius 3 is 2.56 bits per heavy atom. The molecule has 2 N–H and O–H groups in total. The van der Waals surface area contributed by atoms with Crippen molar-refractivity contribution in [2.24, 2.45) is 23.5 Å². The number of hydrogen-bond donors (Lipinski definition) is 1. The number of rotatable bonds is 2. The van der Waals surface area contributed by atoms with E-state index in [4.69, 9.17) is 22.1 Å². The van der Waals surface area contributed by atoms with E-state index in [9.17, 15) is 4.79 Å². The summed E-state index contributed by atoms with van der Waals surface area (Å²) in [5, 5.41) is 0.706. The van der Waals surface area contributed by atoms with E-state index in [1.54, 1.807) is 0 Å². The van der Waals surface area contributed by atoms with Gasteiger partial charge in [-0.1, -0.05) is 36.2 Å². The van der Waals surface area contributed by atoms with E-state index >= 15 is 0 Å². The normalized spacial score (nSPS) is 36.0. The van der Waals surface area contributed by atoms with Crippen LogP contribution in [-0.2, 0) is 9.53 Å². The van der Waals surface area contributed by atoms with Crippen molar-refractivity contribution in [3.05, 3.63) is 34.9 Å². The molecule has 1 aliphatic heterocycles. The van der Waals surface area contributed by atoms with E-state index < -0.39 is 0 Å². The number of hydrogen-bond acceptors (Lipinski definition) is 3. The van der Waals surface area contributed by atoms with Gasteiger partial charge in [0.2, 0.25) is 5.91 Å². The maximum absolute atomic E-state index is 13.4. The van der Waals surface area contributed by atoms with Crippen molar-refractivity contribution < 1.29 is 9.53 Å². The Labute approximate surface area is 173 Å². The smallest absolute Gasteiger partial charge is 0.226 e. The molecule has 150 valence electrons. The minimum absolute atomic E-state index is 0. The van der Waals surface area contributed by atoms with Gasteiger partial charge in [-0.2, -0.15) is 0 Å². The molecule has 2 saturated carbocycles. The number of nitrogens with zero attached hydrogens (tertiary/aromatic N) is 1. The van der Waals surface area contributed by atoms with Gasteiger partial charge >= 0.3 is 0 Å². The van der Waals surface area contributed by atoms with E-state index in [0.717, 1.165) is 18.4 Å². The molecular formula is C21H30Cl2N2O2. The van der Waals surface area contributed by atoms with Crippen LogP contribution in [0.15, 0.2) is 24.3 Å². The lowest BCUT2D eigenvalue weighted by atomic mass is 9.65. The monoisotopic (exact) mass is 412 g/mol. The molecule has 4 nitrogen and oxygen atoms in total. The summed E-state index contributed by atoms with van der Waals surface area (Å²) in [6, 6.07) is 8.18. The molecule has 1 aromatic carbocycles. The molecule has 0 aromatic heterocycles. The van der Waals surface area contributed by atoms with E-state index in [1.165, 1.54) is 19.3 Å². The zero-order valence-electron chi connectivity index (χ0n) is 15.9. The lowest BCUT2D eigenvalue weighted by molar-refractivity contribution is -0.151. The van der Waals surface area contributed by atoms with Gasteiger partial charge in [-0.15, -0.1) is 12.4 Å². The zero-order chi connectivity index (χ0) is 18.3. The number of carbonyl (C=O) groups is 1. The van der Waals surface area contributed by atoms with Crippen LogP contribution in [0.5, 0.6) is 0 Å². The van der Waals surface area contributed by atoms with E-state index in [0.29, 0.717) is 42.0 Å². The Balaban J connectivity index is 0.00000210. The Kier molecular flexibility index (Phi) is 6.73. The van der Waals surface area contributed by atoms with Gasteiger partial charge in [-0.25, -0.2) is 0 Å². The highest BCUT2D eigenvalue weighted by molar-refractivity contribution is 6.31. The van der Waals surface area contributed by atoms with Crippen LogP contribution in [-0.4, -0.2) is 36.0 Å². The van der Waals surface area contributed by atoms with Crippen LogP contribution in [0, 0.1) is 17.8 Å². The number of carbonyl (C=O) groups excluding carboxylic acids is 1. The van der Waals surface area contributed by atoms with Gasteiger partial charge in [0, 0.05) is 22.5 Å². The van der Waals surface area contributed by atoms with E-state index in [-0.39, 0.29) is 30.5 Å². The second-order valence-corrected chi connectivity index (χ2v) is 8.79. The largest absolute Gasteiger partial charge is 0.369 e. The Morgan fingerprint density at radius 2 is 1.89 bits per heavy atom. The quantitative estimate of drug-likeness (QED) is 0.791. The Bertz CT molecular complexity index is 657. The molecule has 27 heavy (non-hydrogen) atoms. The molecule has 4 rings (SSSR count). The Hall–Kier alpha value is -0.810. The highest BCUT2D eigenvalue weighted by Crippen LogP contribution is 2.43. The topological polar surface area (TPSA) is 55.6 Å². The molecule has 0 spiro atoms. The third-order valence-electron chi connectivity index (χ3n) is 6.73. The fraction of sp³-hybridized carbons (Fsp3) is 0.667. The van der Waals surface area contributed by atoms with Crippen LogP contribution in [0.1, 0.15) is 50.7 Å². The molecule has 4 atom stereocenters. The number of fused-ring (bicyclic) bond motifs is 2. The van der Waals surface area contributed by atoms with Crippen LogP contribution in [0.2, 0.25) is 5.02 Å². The molecule has 1 saturated heterocycles. The summed E-state index contributed by atoms with van der Waals surface area (Å²) in [5.74, 6) is 1.46. The fourth-order valence-electron chi connectivity index (χ4n) is 5.21. The maximum Gasteiger partial charge on any atom is 0.226 e. The number of halogens is 2. The van der Waals surface area contributed by atoms with Crippen molar-refractivity contribution in [1.82, 2.24) is 4.90 Å². The second kappa shape index (κ2) is 8.69. The van der Waals surface area contributed by atoms with Crippen LogP contribution in [0.4, 0.5) is 0 Å². The van der Waals surface area contributed by atoms with Crippen molar-refractivity contribution in [2.75, 3.05) is 13.2 Å². The first-order valence-corrected chi connectivity index (χ1v) is 10.3. The summed E-state index contributed by atoms with van der Waals surface area (Å²) >= 11 is 6.35. The average Bonchev–Trinajstić information content (AvgIpc) is 2.62. The molecule has 1 amide bonds. The molecular weight excluding hydrogens is 383 g/mol. The SMILES string of the molecule is CC1COC(c2ccccc2Cl)CN1C(=O)C1CC2CCCC(C1)C2N.Cl. The average molecular weight is 413 g/mol. The number of morpholine rings is 1. The number of benzene rings is 1. The lowest BCUT2D eigenvalue weighted by Gasteiger charge is -2.46. The van der Waals surface area contributed by atoms with Gasteiger partial charge in [0.15, 0.2) is 0 Å². The van der Waals surface area contributed by atoms with Gasteiger partial charge in [0.1, 0.15) is 6.10 Å². The van der Waals surface area contributed by atoms with Crippen molar-refractivity contribution in [1.29, 1.82) is 0 Å². The number of ether oxygens (including phenoxy) is 1. The van der Waals surface area contributed by atoms with Crippen LogP contribution in [0.25, 0.3) is 0 Å². The van der Waals surface area contributed by atoms with E-state index in [1.807, 2.05) is 29.2 Å². The predicted octanol–water partition coefficient (Wildman–Crippen LogP) is 4.20. The summed E-state index contributed by atoms with van der Waals surface area (Å²) in [5.41, 5.74) is 7.38. The minimum atomic E-state index is -0.144. The van der Waals surface area contributed by atoms with Gasteiger partial charge < -0.3 is 15.4 Å². The Morgan fingerprint density at radius 1 is 1.22 bits per heavy atom. The zero-order valence-corrected chi connectivity index (χ0v) is 17.4. The maximum atomic E-state index is 13.4.